The van der Waals surface area contributed by atoms with Gasteiger partial charge in [-0.3, -0.25) is 4.98 Å². The van der Waals surface area contributed by atoms with Crippen LogP contribution in [0.2, 0.25) is 0 Å². The van der Waals surface area contributed by atoms with E-state index in [2.05, 4.69) is 4.98 Å². The SMILES string of the molecule is Fc1cccc2ccccc12.c1ccncc1. The molecule has 2 heteroatoms. The largest absolute Gasteiger partial charge is 0.265 e. The fourth-order valence-electron chi connectivity index (χ4n) is 1.50. The van der Waals surface area contributed by atoms with Gasteiger partial charge >= 0.3 is 0 Å². The van der Waals surface area contributed by atoms with Crippen LogP contribution in [0.1, 0.15) is 0 Å². The van der Waals surface area contributed by atoms with Crippen LogP contribution in [-0.2, 0) is 0 Å². The third-order valence-corrected chi connectivity index (χ3v) is 2.30. The first-order valence-corrected chi connectivity index (χ1v) is 5.36. The molecule has 0 saturated heterocycles. The van der Waals surface area contributed by atoms with Crippen LogP contribution in [0.4, 0.5) is 4.39 Å². The van der Waals surface area contributed by atoms with E-state index in [1.165, 1.54) is 6.07 Å². The summed E-state index contributed by atoms with van der Waals surface area (Å²) in [6.07, 6.45) is 3.50. The fourth-order valence-corrected chi connectivity index (χ4v) is 1.50. The van der Waals surface area contributed by atoms with Crippen molar-refractivity contribution in [3.8, 4) is 0 Å². The van der Waals surface area contributed by atoms with Crippen molar-refractivity contribution in [1.29, 1.82) is 0 Å². The standard InChI is InChI=1S/C10H7F.C5H5N/c11-10-7-3-5-8-4-1-2-6-9(8)10;1-2-4-6-5-3-1/h1-7H;1-5H. The summed E-state index contributed by atoms with van der Waals surface area (Å²) in [4.78, 5) is 3.78. The Morgan fingerprint density at radius 3 is 2.00 bits per heavy atom. The molecular weight excluding hydrogens is 213 g/mol. The van der Waals surface area contributed by atoms with Crippen LogP contribution in [0.3, 0.4) is 0 Å². The molecule has 0 unspecified atom stereocenters. The van der Waals surface area contributed by atoms with Gasteiger partial charge in [0.15, 0.2) is 0 Å². The molecule has 0 amide bonds. The molecule has 0 saturated carbocycles. The first kappa shape index (κ1) is 11.3. The van der Waals surface area contributed by atoms with Crippen LogP contribution in [0.15, 0.2) is 73.1 Å². The van der Waals surface area contributed by atoms with Crippen LogP contribution in [-0.4, -0.2) is 4.98 Å². The highest BCUT2D eigenvalue weighted by Gasteiger charge is 1.95. The smallest absolute Gasteiger partial charge is 0.131 e. The van der Waals surface area contributed by atoms with Crippen molar-refractivity contribution in [3.05, 3.63) is 78.9 Å². The summed E-state index contributed by atoms with van der Waals surface area (Å²) >= 11 is 0. The minimum absolute atomic E-state index is 0.150. The minimum atomic E-state index is -0.150. The van der Waals surface area contributed by atoms with Crippen molar-refractivity contribution in [2.24, 2.45) is 0 Å². The summed E-state index contributed by atoms with van der Waals surface area (Å²) < 4.78 is 13.0. The summed E-state index contributed by atoms with van der Waals surface area (Å²) in [6, 6.07) is 18.2. The molecule has 17 heavy (non-hydrogen) atoms. The summed E-state index contributed by atoms with van der Waals surface area (Å²) in [5, 5.41) is 1.64. The van der Waals surface area contributed by atoms with Crippen molar-refractivity contribution >= 4 is 10.8 Å². The summed E-state index contributed by atoms with van der Waals surface area (Å²) in [7, 11) is 0. The predicted octanol–water partition coefficient (Wildman–Crippen LogP) is 4.06. The van der Waals surface area contributed by atoms with Gasteiger partial charge < -0.3 is 0 Å². The van der Waals surface area contributed by atoms with Gasteiger partial charge in [0.25, 0.3) is 0 Å². The van der Waals surface area contributed by atoms with E-state index < -0.39 is 0 Å². The van der Waals surface area contributed by atoms with E-state index in [0.29, 0.717) is 5.39 Å². The van der Waals surface area contributed by atoms with Crippen molar-refractivity contribution in [2.45, 2.75) is 0 Å². The molecule has 3 aromatic rings. The van der Waals surface area contributed by atoms with Crippen LogP contribution >= 0.6 is 0 Å². The quantitative estimate of drug-likeness (QED) is 0.562. The lowest BCUT2D eigenvalue weighted by molar-refractivity contribution is 0.640. The monoisotopic (exact) mass is 225 g/mol. The van der Waals surface area contributed by atoms with Gasteiger partial charge in [0.05, 0.1) is 0 Å². The van der Waals surface area contributed by atoms with Gasteiger partial charge in [-0.2, -0.15) is 0 Å². The molecule has 2 aromatic carbocycles. The van der Waals surface area contributed by atoms with E-state index in [1.807, 2.05) is 42.5 Å². The Bertz CT molecular complexity index is 546. The summed E-state index contributed by atoms with van der Waals surface area (Å²) in [5.74, 6) is -0.150. The fraction of sp³-hybridized carbons (Fsp3) is 0. The number of hydrogen-bond donors (Lipinski definition) is 0. The Hall–Kier alpha value is -2.22. The highest BCUT2D eigenvalue weighted by Crippen LogP contribution is 2.15. The zero-order valence-electron chi connectivity index (χ0n) is 9.25. The molecule has 0 aliphatic carbocycles. The van der Waals surface area contributed by atoms with Crippen molar-refractivity contribution in [1.82, 2.24) is 4.98 Å². The van der Waals surface area contributed by atoms with Crippen LogP contribution < -0.4 is 0 Å². The second-order valence-electron chi connectivity index (χ2n) is 3.49. The topological polar surface area (TPSA) is 12.9 Å². The number of hydrogen-bond acceptors (Lipinski definition) is 1. The highest BCUT2D eigenvalue weighted by atomic mass is 19.1. The van der Waals surface area contributed by atoms with Gasteiger partial charge in [-0.25, -0.2) is 4.39 Å². The molecule has 0 atom stereocenters. The maximum absolute atomic E-state index is 13.0. The minimum Gasteiger partial charge on any atom is -0.265 e. The Labute approximate surface area is 99.6 Å². The van der Waals surface area contributed by atoms with Gasteiger partial charge in [-0.05, 0) is 23.6 Å². The van der Waals surface area contributed by atoms with E-state index in [0.717, 1.165) is 5.39 Å². The zero-order chi connectivity index (χ0) is 11.9. The molecular formula is C15H12FN. The molecule has 3 rings (SSSR count). The lowest BCUT2D eigenvalue weighted by atomic mass is 10.1. The molecule has 0 bridgehead atoms. The summed E-state index contributed by atoms with van der Waals surface area (Å²) in [5.41, 5.74) is 0. The van der Waals surface area contributed by atoms with E-state index in [1.54, 1.807) is 24.5 Å². The first-order valence-electron chi connectivity index (χ1n) is 5.36. The molecule has 0 fully saturated rings. The number of fused-ring (bicyclic) bond motifs is 1. The molecule has 0 spiro atoms. The lowest BCUT2D eigenvalue weighted by Crippen LogP contribution is -1.76. The van der Waals surface area contributed by atoms with Crippen LogP contribution in [0.5, 0.6) is 0 Å². The molecule has 0 radical (unpaired) electrons. The van der Waals surface area contributed by atoms with E-state index in [4.69, 9.17) is 0 Å². The third kappa shape index (κ3) is 3.11. The van der Waals surface area contributed by atoms with E-state index in [-0.39, 0.29) is 5.82 Å². The Morgan fingerprint density at radius 2 is 1.41 bits per heavy atom. The molecule has 0 aliphatic rings. The second-order valence-corrected chi connectivity index (χ2v) is 3.49. The van der Waals surface area contributed by atoms with Crippen molar-refractivity contribution in [2.75, 3.05) is 0 Å². The van der Waals surface area contributed by atoms with Crippen LogP contribution in [0.25, 0.3) is 10.8 Å². The van der Waals surface area contributed by atoms with E-state index >= 15 is 0 Å². The highest BCUT2D eigenvalue weighted by molar-refractivity contribution is 5.82. The van der Waals surface area contributed by atoms with Crippen molar-refractivity contribution in [3.63, 3.8) is 0 Å². The number of halogens is 1. The molecule has 84 valence electrons. The maximum Gasteiger partial charge on any atom is 0.131 e. The molecule has 0 N–H and O–H groups in total. The average molecular weight is 225 g/mol. The van der Waals surface area contributed by atoms with Gasteiger partial charge in [0, 0.05) is 17.8 Å². The third-order valence-electron chi connectivity index (χ3n) is 2.30. The Kier molecular flexibility index (Phi) is 3.81. The van der Waals surface area contributed by atoms with Gasteiger partial charge in [-0.15, -0.1) is 0 Å². The summed E-state index contributed by atoms with van der Waals surface area (Å²) in [6.45, 7) is 0. The number of nitrogens with zero attached hydrogens (tertiary/aromatic N) is 1. The van der Waals surface area contributed by atoms with Gasteiger partial charge in [-0.1, -0.05) is 42.5 Å². The Morgan fingerprint density at radius 1 is 0.706 bits per heavy atom. The molecule has 1 nitrogen and oxygen atoms in total. The molecule has 1 heterocycles. The first-order chi connectivity index (χ1) is 8.38. The van der Waals surface area contributed by atoms with Crippen molar-refractivity contribution < 1.29 is 4.39 Å². The average Bonchev–Trinajstić information content (AvgIpc) is 2.42. The lowest BCUT2D eigenvalue weighted by Gasteiger charge is -1.95. The Balaban J connectivity index is 0.000000153. The zero-order valence-corrected chi connectivity index (χ0v) is 9.25. The number of rotatable bonds is 0. The maximum atomic E-state index is 13.0. The normalized spacial score (nSPS) is 9.47. The van der Waals surface area contributed by atoms with Gasteiger partial charge in [0.2, 0.25) is 0 Å². The number of benzene rings is 2. The molecule has 1 aromatic heterocycles. The molecule has 0 aliphatic heterocycles. The van der Waals surface area contributed by atoms with E-state index in [9.17, 15) is 4.39 Å². The second kappa shape index (κ2) is 5.75. The predicted molar refractivity (Wildman–Crippen MR) is 68.1 cm³/mol. The number of aromatic nitrogens is 1. The number of pyridine rings is 1. The van der Waals surface area contributed by atoms with Crippen LogP contribution in [0, 0.1) is 5.82 Å². The van der Waals surface area contributed by atoms with Gasteiger partial charge in [0.1, 0.15) is 5.82 Å².